The van der Waals surface area contributed by atoms with E-state index in [4.69, 9.17) is 13.9 Å². The van der Waals surface area contributed by atoms with Crippen LogP contribution >= 0.6 is 11.3 Å². The number of thiophene rings is 1. The van der Waals surface area contributed by atoms with E-state index in [1.54, 1.807) is 23.9 Å². The topological polar surface area (TPSA) is 47.9 Å². The van der Waals surface area contributed by atoms with E-state index in [2.05, 4.69) is 39.9 Å². The first-order valence-corrected chi connectivity index (χ1v) is 13.8. The Hall–Kier alpha value is -1.60. The van der Waals surface area contributed by atoms with Crippen LogP contribution in [0.5, 0.6) is 0 Å². The molecule has 1 aliphatic rings. The number of aliphatic hydroxyl groups is 1. The van der Waals surface area contributed by atoms with Gasteiger partial charge in [0.2, 0.25) is 0 Å². The van der Waals surface area contributed by atoms with E-state index in [1.165, 1.54) is 0 Å². The van der Waals surface area contributed by atoms with Crippen molar-refractivity contribution in [1.82, 2.24) is 0 Å². The Labute approximate surface area is 179 Å². The van der Waals surface area contributed by atoms with Gasteiger partial charge >= 0.3 is 0 Å². The summed E-state index contributed by atoms with van der Waals surface area (Å²) in [5.41, 5.74) is 2.97. The Bertz CT molecular complexity index is 858. The molecule has 3 rings (SSSR count). The van der Waals surface area contributed by atoms with Gasteiger partial charge in [-0.25, -0.2) is 0 Å². The van der Waals surface area contributed by atoms with Crippen LogP contribution in [0.2, 0.25) is 18.1 Å². The Balaban J connectivity index is 1.75. The standard InChI is InChI=1S/C23H32O4SSi/c1-16-19(15-20(28-16)22-25-13-14-26-22)21(24)18-10-8-7-9-17(18)11-12-27-29(5,6)23(2,3)4/h7-10,13-15,21-22,24H,11-12H2,1-6H3. The Kier molecular flexibility index (Phi) is 6.58. The molecule has 29 heavy (non-hydrogen) atoms. The molecular formula is C23H32O4SSi. The number of hydrogen-bond donors (Lipinski definition) is 1. The molecule has 0 saturated heterocycles. The SMILES string of the molecule is Cc1sc(C2OC=CO2)cc1C(O)c1ccccc1CCO[Si](C)(C)C(C)(C)C. The summed E-state index contributed by atoms with van der Waals surface area (Å²) in [4.78, 5) is 2.03. The number of hydrogen-bond acceptors (Lipinski definition) is 5. The van der Waals surface area contributed by atoms with Crippen LogP contribution < -0.4 is 0 Å². The molecule has 0 radical (unpaired) electrons. The zero-order valence-electron chi connectivity index (χ0n) is 18.2. The normalized spacial score (nSPS) is 16.0. The first kappa shape index (κ1) is 22.1. The molecule has 0 bridgehead atoms. The highest BCUT2D eigenvalue weighted by Gasteiger charge is 2.37. The lowest BCUT2D eigenvalue weighted by atomic mass is 9.95. The second-order valence-electron chi connectivity index (χ2n) is 9.00. The summed E-state index contributed by atoms with van der Waals surface area (Å²) in [7, 11) is -1.78. The summed E-state index contributed by atoms with van der Waals surface area (Å²) in [6, 6.07) is 10.1. The van der Waals surface area contributed by atoms with E-state index < -0.39 is 20.7 Å². The molecule has 1 aliphatic heterocycles. The van der Waals surface area contributed by atoms with Gasteiger partial charge in [-0.1, -0.05) is 45.0 Å². The number of rotatable bonds is 7. The van der Waals surface area contributed by atoms with E-state index in [0.29, 0.717) is 6.61 Å². The Morgan fingerprint density at radius 1 is 1.14 bits per heavy atom. The summed E-state index contributed by atoms with van der Waals surface area (Å²) < 4.78 is 17.2. The van der Waals surface area contributed by atoms with Gasteiger partial charge in [-0.15, -0.1) is 11.3 Å². The fraction of sp³-hybridized carbons (Fsp3) is 0.478. The molecule has 2 aromatic rings. The molecule has 1 unspecified atom stereocenters. The average molecular weight is 433 g/mol. The summed E-state index contributed by atoms with van der Waals surface area (Å²) >= 11 is 1.60. The van der Waals surface area contributed by atoms with Crippen molar-refractivity contribution in [3.05, 3.63) is 69.3 Å². The van der Waals surface area contributed by atoms with Crippen molar-refractivity contribution in [1.29, 1.82) is 0 Å². The molecule has 1 N–H and O–H groups in total. The minimum absolute atomic E-state index is 0.190. The second-order valence-corrected chi connectivity index (χ2v) is 15.1. The third-order valence-electron chi connectivity index (χ3n) is 5.95. The molecule has 6 heteroatoms. The van der Waals surface area contributed by atoms with Crippen molar-refractivity contribution in [3.63, 3.8) is 0 Å². The van der Waals surface area contributed by atoms with Crippen LogP contribution in [-0.2, 0) is 20.3 Å². The maximum atomic E-state index is 11.2. The van der Waals surface area contributed by atoms with Gasteiger partial charge in [-0.3, -0.25) is 0 Å². The van der Waals surface area contributed by atoms with Gasteiger partial charge in [0.15, 0.2) is 8.32 Å². The van der Waals surface area contributed by atoms with Gasteiger partial charge in [0.05, 0.1) is 4.88 Å². The lowest BCUT2D eigenvalue weighted by Crippen LogP contribution is -2.41. The van der Waals surface area contributed by atoms with E-state index in [0.717, 1.165) is 32.9 Å². The maximum Gasteiger partial charge on any atom is 0.275 e. The van der Waals surface area contributed by atoms with Crippen LogP contribution in [0, 0.1) is 6.92 Å². The van der Waals surface area contributed by atoms with E-state index in [-0.39, 0.29) is 5.04 Å². The summed E-state index contributed by atoms with van der Waals surface area (Å²) in [6.07, 6.45) is 2.79. The van der Waals surface area contributed by atoms with Crippen LogP contribution in [-0.4, -0.2) is 20.0 Å². The zero-order valence-corrected chi connectivity index (χ0v) is 20.0. The van der Waals surface area contributed by atoms with Crippen LogP contribution in [0.1, 0.15) is 59.6 Å². The third kappa shape index (κ3) is 4.94. The number of benzene rings is 1. The van der Waals surface area contributed by atoms with Crippen LogP contribution in [0.25, 0.3) is 0 Å². The second kappa shape index (κ2) is 8.64. The quantitative estimate of drug-likeness (QED) is 0.528. The van der Waals surface area contributed by atoms with Gasteiger partial charge in [0.1, 0.15) is 18.6 Å². The van der Waals surface area contributed by atoms with E-state index in [1.807, 2.05) is 31.2 Å². The van der Waals surface area contributed by atoms with Crippen molar-refractivity contribution in [2.24, 2.45) is 0 Å². The molecule has 158 valence electrons. The largest absolute Gasteiger partial charge is 0.454 e. The first-order chi connectivity index (χ1) is 13.6. The molecule has 1 aromatic carbocycles. The van der Waals surface area contributed by atoms with Gasteiger partial charge < -0.3 is 19.0 Å². The van der Waals surface area contributed by atoms with Gasteiger partial charge in [0.25, 0.3) is 6.29 Å². The fourth-order valence-corrected chi connectivity index (χ4v) is 5.19. The molecule has 1 aromatic heterocycles. The fourth-order valence-electron chi connectivity index (χ4n) is 3.11. The predicted octanol–water partition coefficient (Wildman–Crippen LogP) is 6.22. The van der Waals surface area contributed by atoms with Crippen LogP contribution in [0.15, 0.2) is 42.9 Å². The molecule has 0 aliphatic carbocycles. The van der Waals surface area contributed by atoms with Gasteiger partial charge in [-0.05, 0) is 54.2 Å². The molecule has 0 saturated carbocycles. The molecule has 1 atom stereocenters. The summed E-state index contributed by atoms with van der Waals surface area (Å²) in [5.74, 6) is 0. The van der Waals surface area contributed by atoms with Crippen LogP contribution in [0.4, 0.5) is 0 Å². The Morgan fingerprint density at radius 3 is 2.45 bits per heavy atom. The first-order valence-electron chi connectivity index (χ1n) is 10.1. The van der Waals surface area contributed by atoms with Crippen molar-refractivity contribution < 1.29 is 19.0 Å². The highest BCUT2D eigenvalue weighted by Crippen LogP contribution is 2.38. The zero-order chi connectivity index (χ0) is 21.2. The van der Waals surface area contributed by atoms with Crippen molar-refractivity contribution in [2.45, 2.75) is 64.6 Å². The van der Waals surface area contributed by atoms with E-state index in [9.17, 15) is 5.11 Å². The summed E-state index contributed by atoms with van der Waals surface area (Å²) in [6.45, 7) is 14.0. The lowest BCUT2D eigenvalue weighted by molar-refractivity contribution is -0.0217. The molecule has 2 heterocycles. The highest BCUT2D eigenvalue weighted by atomic mass is 32.1. The van der Waals surface area contributed by atoms with Gasteiger partial charge in [-0.2, -0.15) is 0 Å². The van der Waals surface area contributed by atoms with Crippen molar-refractivity contribution in [3.8, 4) is 0 Å². The monoisotopic (exact) mass is 432 g/mol. The Morgan fingerprint density at radius 2 is 1.79 bits per heavy atom. The number of aliphatic hydroxyl groups excluding tert-OH is 1. The minimum atomic E-state index is -1.78. The minimum Gasteiger partial charge on any atom is -0.454 e. The molecular weight excluding hydrogens is 400 g/mol. The third-order valence-corrected chi connectivity index (χ3v) is 11.6. The average Bonchev–Trinajstić information content (AvgIpc) is 3.30. The highest BCUT2D eigenvalue weighted by molar-refractivity contribution is 7.12. The summed E-state index contributed by atoms with van der Waals surface area (Å²) in [5, 5.41) is 11.4. The van der Waals surface area contributed by atoms with Crippen molar-refractivity contribution in [2.75, 3.05) is 6.61 Å². The smallest absolute Gasteiger partial charge is 0.275 e. The molecule has 0 amide bonds. The molecule has 0 spiro atoms. The number of aryl methyl sites for hydroxylation is 1. The van der Waals surface area contributed by atoms with Crippen LogP contribution in [0.3, 0.4) is 0 Å². The predicted molar refractivity (Wildman–Crippen MR) is 120 cm³/mol. The van der Waals surface area contributed by atoms with Gasteiger partial charge in [0, 0.05) is 11.5 Å². The lowest BCUT2D eigenvalue weighted by Gasteiger charge is -2.36. The molecule has 0 fully saturated rings. The number of ether oxygens (including phenoxy) is 2. The van der Waals surface area contributed by atoms with Crippen molar-refractivity contribution >= 4 is 19.7 Å². The van der Waals surface area contributed by atoms with E-state index >= 15 is 0 Å². The molecule has 4 nitrogen and oxygen atoms in total. The maximum absolute atomic E-state index is 11.2.